The number of nitrogen functional groups attached to an aromatic ring is 1. The summed E-state index contributed by atoms with van der Waals surface area (Å²) in [5.41, 5.74) is 10.1. The average molecular weight is 214 g/mol. The Morgan fingerprint density at radius 3 is 2.56 bits per heavy atom. The summed E-state index contributed by atoms with van der Waals surface area (Å²) >= 11 is 0. The van der Waals surface area contributed by atoms with Crippen molar-refractivity contribution in [3.05, 3.63) is 35.0 Å². The van der Waals surface area contributed by atoms with Crippen LogP contribution >= 0.6 is 0 Å². The number of nitrogens with zero attached hydrogens (tertiary/aromatic N) is 1. The van der Waals surface area contributed by atoms with Crippen LogP contribution in [0.1, 0.15) is 30.5 Å². The van der Waals surface area contributed by atoms with E-state index in [0.717, 1.165) is 18.2 Å². The van der Waals surface area contributed by atoms with E-state index in [1.54, 1.807) is 6.20 Å². The van der Waals surface area contributed by atoms with Crippen molar-refractivity contribution in [1.29, 1.82) is 0 Å². The lowest BCUT2D eigenvalue weighted by Crippen LogP contribution is -1.99. The third kappa shape index (κ3) is 1.54. The molecule has 0 spiro atoms. The highest BCUT2D eigenvalue weighted by Crippen LogP contribution is 2.28. The average Bonchev–Trinajstić information content (AvgIpc) is 2.30. The molecule has 0 aliphatic heterocycles. The minimum absolute atomic E-state index is 0.637. The molecular weight excluding hydrogens is 196 g/mol. The summed E-state index contributed by atoms with van der Waals surface area (Å²) in [4.78, 5) is 4.16. The first-order valence-electron chi connectivity index (χ1n) is 5.84. The van der Waals surface area contributed by atoms with E-state index >= 15 is 0 Å². The summed E-state index contributed by atoms with van der Waals surface area (Å²) in [5, 5.41) is 2.33. The maximum Gasteiger partial charge on any atom is 0.131 e. The highest BCUT2D eigenvalue weighted by molar-refractivity contribution is 5.94. The summed E-state index contributed by atoms with van der Waals surface area (Å²) in [6, 6.07) is 4.25. The third-order valence-electron chi connectivity index (χ3n) is 3.32. The third-order valence-corrected chi connectivity index (χ3v) is 3.32. The molecular formula is C14H18N2. The van der Waals surface area contributed by atoms with Gasteiger partial charge in [0.1, 0.15) is 5.82 Å². The van der Waals surface area contributed by atoms with Crippen molar-refractivity contribution in [2.75, 3.05) is 5.73 Å². The van der Waals surface area contributed by atoms with Crippen LogP contribution in [-0.2, 0) is 12.8 Å². The zero-order valence-corrected chi connectivity index (χ0v) is 10.2. The summed E-state index contributed by atoms with van der Waals surface area (Å²) < 4.78 is 0. The first kappa shape index (κ1) is 10.9. The molecule has 0 fully saturated rings. The molecule has 0 radical (unpaired) electrons. The maximum atomic E-state index is 5.93. The molecule has 2 rings (SSSR count). The van der Waals surface area contributed by atoms with E-state index in [9.17, 15) is 0 Å². The Kier molecular flexibility index (Phi) is 2.82. The van der Waals surface area contributed by atoms with Gasteiger partial charge in [-0.3, -0.25) is 0 Å². The molecule has 84 valence electrons. The van der Waals surface area contributed by atoms with Crippen LogP contribution in [0.3, 0.4) is 0 Å². The molecule has 0 unspecified atom stereocenters. The van der Waals surface area contributed by atoms with E-state index in [1.807, 2.05) is 0 Å². The minimum atomic E-state index is 0.637. The number of nitrogens with two attached hydrogens (primary N) is 1. The van der Waals surface area contributed by atoms with E-state index in [1.165, 1.54) is 22.1 Å². The van der Waals surface area contributed by atoms with Crippen LogP contribution in [0.15, 0.2) is 18.3 Å². The van der Waals surface area contributed by atoms with Gasteiger partial charge in [0, 0.05) is 11.6 Å². The lowest BCUT2D eigenvalue weighted by molar-refractivity contribution is 1.03. The molecule has 2 nitrogen and oxygen atoms in total. The first-order chi connectivity index (χ1) is 7.69. The van der Waals surface area contributed by atoms with E-state index in [-0.39, 0.29) is 0 Å². The highest BCUT2D eigenvalue weighted by atomic mass is 14.8. The van der Waals surface area contributed by atoms with Gasteiger partial charge in [-0.05, 0) is 54.0 Å². The Bertz CT molecular complexity index is 530. The number of pyridine rings is 1. The van der Waals surface area contributed by atoms with Crippen LogP contribution in [0, 0.1) is 6.92 Å². The Hall–Kier alpha value is -1.57. The van der Waals surface area contributed by atoms with Crippen molar-refractivity contribution >= 4 is 16.6 Å². The fourth-order valence-electron chi connectivity index (χ4n) is 2.44. The van der Waals surface area contributed by atoms with Gasteiger partial charge in [-0.1, -0.05) is 13.8 Å². The molecule has 0 aliphatic rings. The lowest BCUT2D eigenvalue weighted by Gasteiger charge is -2.14. The van der Waals surface area contributed by atoms with Gasteiger partial charge in [0.2, 0.25) is 0 Å². The molecule has 0 saturated heterocycles. The quantitative estimate of drug-likeness (QED) is 0.833. The van der Waals surface area contributed by atoms with Crippen molar-refractivity contribution in [2.24, 2.45) is 0 Å². The summed E-state index contributed by atoms with van der Waals surface area (Å²) in [5.74, 6) is 0.637. The summed E-state index contributed by atoms with van der Waals surface area (Å²) in [7, 11) is 0. The molecule has 2 aromatic rings. The largest absolute Gasteiger partial charge is 0.383 e. The number of benzene rings is 1. The minimum Gasteiger partial charge on any atom is -0.383 e. The normalized spacial score (nSPS) is 10.9. The van der Waals surface area contributed by atoms with Gasteiger partial charge in [0.15, 0.2) is 0 Å². The van der Waals surface area contributed by atoms with Gasteiger partial charge >= 0.3 is 0 Å². The fourth-order valence-corrected chi connectivity index (χ4v) is 2.44. The predicted octanol–water partition coefficient (Wildman–Crippen LogP) is 3.25. The summed E-state index contributed by atoms with van der Waals surface area (Å²) in [6.45, 7) is 6.57. The van der Waals surface area contributed by atoms with Crippen molar-refractivity contribution < 1.29 is 0 Å². The van der Waals surface area contributed by atoms with Gasteiger partial charge in [-0.15, -0.1) is 0 Å². The van der Waals surface area contributed by atoms with E-state index in [0.29, 0.717) is 5.82 Å². The van der Waals surface area contributed by atoms with Gasteiger partial charge in [-0.25, -0.2) is 4.98 Å². The molecule has 0 bridgehead atoms. The molecule has 0 aliphatic carbocycles. The summed E-state index contributed by atoms with van der Waals surface area (Å²) in [6.07, 6.45) is 3.91. The fraction of sp³-hybridized carbons (Fsp3) is 0.357. The molecule has 0 saturated carbocycles. The Morgan fingerprint density at radius 2 is 1.94 bits per heavy atom. The molecule has 0 amide bonds. The Labute approximate surface area is 96.5 Å². The van der Waals surface area contributed by atoms with Crippen LogP contribution in [0.4, 0.5) is 5.82 Å². The number of hydrogen-bond donors (Lipinski definition) is 1. The van der Waals surface area contributed by atoms with Crippen LogP contribution in [0.25, 0.3) is 10.8 Å². The molecule has 1 aromatic carbocycles. The monoisotopic (exact) mass is 214 g/mol. The topological polar surface area (TPSA) is 38.9 Å². The zero-order valence-electron chi connectivity index (χ0n) is 10.2. The van der Waals surface area contributed by atoms with E-state index in [4.69, 9.17) is 5.73 Å². The molecule has 1 heterocycles. The predicted molar refractivity (Wildman–Crippen MR) is 69.6 cm³/mol. The van der Waals surface area contributed by atoms with E-state index in [2.05, 4.69) is 37.9 Å². The van der Waals surface area contributed by atoms with Gasteiger partial charge in [0.25, 0.3) is 0 Å². The number of fused-ring (bicyclic) bond motifs is 1. The second-order valence-electron chi connectivity index (χ2n) is 4.14. The zero-order chi connectivity index (χ0) is 11.7. The van der Waals surface area contributed by atoms with Crippen molar-refractivity contribution in [1.82, 2.24) is 4.98 Å². The number of rotatable bonds is 2. The molecule has 0 atom stereocenters. The Morgan fingerprint density at radius 1 is 1.19 bits per heavy atom. The van der Waals surface area contributed by atoms with Crippen LogP contribution in [-0.4, -0.2) is 4.98 Å². The van der Waals surface area contributed by atoms with Gasteiger partial charge < -0.3 is 5.73 Å². The molecule has 2 N–H and O–H groups in total. The number of aromatic nitrogens is 1. The molecule has 1 aromatic heterocycles. The standard InChI is InChI=1S/C14H18N2/c1-4-10-8-13-12(6-7-16-14(13)15)9(3)11(10)5-2/h6-8H,4-5H2,1-3H3,(H2,15,16). The lowest BCUT2D eigenvalue weighted by atomic mass is 9.93. The molecule has 16 heavy (non-hydrogen) atoms. The first-order valence-corrected chi connectivity index (χ1v) is 5.84. The van der Waals surface area contributed by atoms with Crippen molar-refractivity contribution in [2.45, 2.75) is 33.6 Å². The molecule has 2 heteroatoms. The smallest absolute Gasteiger partial charge is 0.131 e. The van der Waals surface area contributed by atoms with Crippen molar-refractivity contribution in [3.8, 4) is 0 Å². The van der Waals surface area contributed by atoms with Crippen LogP contribution < -0.4 is 5.73 Å². The second kappa shape index (κ2) is 4.12. The SMILES string of the molecule is CCc1cc2c(N)nccc2c(C)c1CC. The number of hydrogen-bond acceptors (Lipinski definition) is 2. The number of anilines is 1. The maximum absolute atomic E-state index is 5.93. The van der Waals surface area contributed by atoms with Crippen LogP contribution in [0.5, 0.6) is 0 Å². The number of aryl methyl sites for hydroxylation is 2. The highest BCUT2D eigenvalue weighted by Gasteiger charge is 2.09. The second-order valence-corrected chi connectivity index (χ2v) is 4.14. The van der Waals surface area contributed by atoms with Gasteiger partial charge in [-0.2, -0.15) is 0 Å². The Balaban J connectivity index is 2.87. The van der Waals surface area contributed by atoms with Gasteiger partial charge in [0.05, 0.1) is 0 Å². The van der Waals surface area contributed by atoms with Crippen molar-refractivity contribution in [3.63, 3.8) is 0 Å². The van der Waals surface area contributed by atoms with E-state index < -0.39 is 0 Å². The van der Waals surface area contributed by atoms with Crippen LogP contribution in [0.2, 0.25) is 0 Å².